The van der Waals surface area contributed by atoms with Crippen molar-refractivity contribution in [3.8, 4) is 0 Å². The second-order valence-electron chi connectivity index (χ2n) is 3.30. The van der Waals surface area contributed by atoms with E-state index in [1.165, 1.54) is 6.42 Å². The Kier molecular flexibility index (Phi) is 1.50. The van der Waals surface area contributed by atoms with E-state index in [1.807, 2.05) is 6.07 Å². The number of rotatable bonds is 2. The van der Waals surface area contributed by atoms with E-state index in [4.69, 9.17) is 9.52 Å². The molecule has 0 unspecified atom stereocenters. The first-order valence-corrected chi connectivity index (χ1v) is 4.01. The number of aliphatic hydroxyl groups excluding tert-OH is 1. The maximum Gasteiger partial charge on any atom is 0.0941 e. The molecule has 1 aliphatic carbocycles. The molecule has 1 N–H and O–H groups in total. The summed E-state index contributed by atoms with van der Waals surface area (Å²) in [5, 5.41) is 9.17. The summed E-state index contributed by atoms with van der Waals surface area (Å²) in [6.45, 7) is 0.256. The van der Waals surface area contributed by atoms with Crippen molar-refractivity contribution >= 4 is 0 Å². The number of hydrogen-bond acceptors (Lipinski definition) is 2. The molecule has 2 nitrogen and oxygen atoms in total. The Morgan fingerprint density at radius 1 is 1.55 bits per heavy atom. The topological polar surface area (TPSA) is 33.4 Å². The fourth-order valence-electron chi connectivity index (χ4n) is 1.71. The van der Waals surface area contributed by atoms with Gasteiger partial charge in [0.05, 0.1) is 19.1 Å². The standard InChI is InChI=1S/C9H12O2/c10-7-9(3-1-4-9)8-2-5-11-6-8/h2,5-6,10H,1,3-4,7H2. The van der Waals surface area contributed by atoms with E-state index in [0.717, 1.165) is 18.4 Å². The van der Waals surface area contributed by atoms with Gasteiger partial charge in [0.25, 0.3) is 0 Å². The molecule has 1 aliphatic rings. The van der Waals surface area contributed by atoms with Gasteiger partial charge in [0.1, 0.15) is 0 Å². The van der Waals surface area contributed by atoms with Crippen LogP contribution in [0.15, 0.2) is 23.0 Å². The molecule has 0 aromatic carbocycles. The normalized spacial score (nSPS) is 21.2. The summed E-state index contributed by atoms with van der Waals surface area (Å²) < 4.78 is 4.99. The molecule has 11 heavy (non-hydrogen) atoms. The van der Waals surface area contributed by atoms with Gasteiger partial charge >= 0.3 is 0 Å². The molecule has 0 bridgehead atoms. The lowest BCUT2D eigenvalue weighted by molar-refractivity contribution is 0.119. The van der Waals surface area contributed by atoms with Crippen molar-refractivity contribution < 1.29 is 9.52 Å². The summed E-state index contributed by atoms with van der Waals surface area (Å²) in [7, 11) is 0. The third kappa shape index (κ3) is 0.897. The zero-order valence-electron chi connectivity index (χ0n) is 6.42. The smallest absolute Gasteiger partial charge is 0.0941 e. The van der Waals surface area contributed by atoms with Crippen LogP contribution in [0, 0.1) is 0 Å². The Balaban J connectivity index is 2.25. The first kappa shape index (κ1) is 6.92. The lowest BCUT2D eigenvalue weighted by Crippen LogP contribution is -2.37. The van der Waals surface area contributed by atoms with Gasteiger partial charge in [0.15, 0.2) is 0 Å². The van der Waals surface area contributed by atoms with Crippen molar-refractivity contribution in [2.45, 2.75) is 24.7 Å². The van der Waals surface area contributed by atoms with E-state index in [9.17, 15) is 0 Å². The average Bonchev–Trinajstić information content (AvgIpc) is 2.39. The minimum atomic E-state index is 0.0486. The number of aliphatic hydroxyl groups is 1. The van der Waals surface area contributed by atoms with Crippen LogP contribution in [0.1, 0.15) is 24.8 Å². The molecule has 60 valence electrons. The fourth-order valence-corrected chi connectivity index (χ4v) is 1.71. The maximum atomic E-state index is 9.17. The third-order valence-corrected chi connectivity index (χ3v) is 2.75. The molecule has 0 atom stereocenters. The molecule has 1 aromatic rings. The monoisotopic (exact) mass is 152 g/mol. The Morgan fingerprint density at radius 2 is 2.36 bits per heavy atom. The summed E-state index contributed by atoms with van der Waals surface area (Å²) in [6, 6.07) is 1.95. The highest BCUT2D eigenvalue weighted by atomic mass is 16.3. The minimum Gasteiger partial charge on any atom is -0.472 e. The quantitative estimate of drug-likeness (QED) is 0.699. The second kappa shape index (κ2) is 2.38. The van der Waals surface area contributed by atoms with Crippen LogP contribution in [0.2, 0.25) is 0 Å². The highest BCUT2D eigenvalue weighted by Crippen LogP contribution is 2.43. The van der Waals surface area contributed by atoms with E-state index in [1.54, 1.807) is 12.5 Å². The molecule has 1 fully saturated rings. The predicted molar refractivity (Wildman–Crippen MR) is 41.3 cm³/mol. The zero-order chi connectivity index (χ0) is 7.73. The van der Waals surface area contributed by atoms with Crippen molar-refractivity contribution in [3.63, 3.8) is 0 Å². The van der Waals surface area contributed by atoms with E-state index in [2.05, 4.69) is 0 Å². The van der Waals surface area contributed by atoms with E-state index < -0.39 is 0 Å². The molecule has 1 saturated carbocycles. The van der Waals surface area contributed by atoms with E-state index >= 15 is 0 Å². The van der Waals surface area contributed by atoms with Gasteiger partial charge in [-0.05, 0) is 24.5 Å². The molecule has 0 saturated heterocycles. The van der Waals surface area contributed by atoms with Crippen molar-refractivity contribution in [3.05, 3.63) is 24.2 Å². The zero-order valence-corrected chi connectivity index (χ0v) is 6.42. The van der Waals surface area contributed by atoms with Crippen LogP contribution < -0.4 is 0 Å². The van der Waals surface area contributed by atoms with Gasteiger partial charge < -0.3 is 9.52 Å². The molecule has 1 heterocycles. The summed E-state index contributed by atoms with van der Waals surface area (Å²) in [6.07, 6.45) is 6.85. The van der Waals surface area contributed by atoms with Gasteiger partial charge in [-0.3, -0.25) is 0 Å². The van der Waals surface area contributed by atoms with Gasteiger partial charge in [-0.1, -0.05) is 6.42 Å². The van der Waals surface area contributed by atoms with Crippen LogP contribution >= 0.6 is 0 Å². The van der Waals surface area contributed by atoms with Gasteiger partial charge in [0, 0.05) is 5.41 Å². The molecule has 2 heteroatoms. The minimum absolute atomic E-state index is 0.0486. The van der Waals surface area contributed by atoms with Crippen molar-refractivity contribution in [2.24, 2.45) is 0 Å². The van der Waals surface area contributed by atoms with Crippen LogP contribution in [0.3, 0.4) is 0 Å². The largest absolute Gasteiger partial charge is 0.472 e. The maximum absolute atomic E-state index is 9.17. The average molecular weight is 152 g/mol. The van der Waals surface area contributed by atoms with Crippen LogP contribution in [0.5, 0.6) is 0 Å². The molecular formula is C9H12O2. The Labute approximate surface area is 65.8 Å². The van der Waals surface area contributed by atoms with E-state index in [0.29, 0.717) is 0 Å². The Morgan fingerprint density at radius 3 is 2.73 bits per heavy atom. The second-order valence-corrected chi connectivity index (χ2v) is 3.30. The summed E-state index contributed by atoms with van der Waals surface area (Å²) in [5.41, 5.74) is 1.21. The van der Waals surface area contributed by atoms with Crippen LogP contribution in [-0.4, -0.2) is 11.7 Å². The Bertz CT molecular complexity index is 216. The fraction of sp³-hybridized carbons (Fsp3) is 0.556. The number of hydrogen-bond donors (Lipinski definition) is 1. The van der Waals surface area contributed by atoms with Gasteiger partial charge in [-0.2, -0.15) is 0 Å². The van der Waals surface area contributed by atoms with Crippen molar-refractivity contribution in [2.75, 3.05) is 6.61 Å². The molecule has 2 rings (SSSR count). The molecule has 1 aromatic heterocycles. The van der Waals surface area contributed by atoms with Gasteiger partial charge in [-0.15, -0.1) is 0 Å². The van der Waals surface area contributed by atoms with Crippen LogP contribution in [0.25, 0.3) is 0 Å². The van der Waals surface area contributed by atoms with Gasteiger partial charge in [-0.25, -0.2) is 0 Å². The molecule has 0 spiro atoms. The van der Waals surface area contributed by atoms with E-state index in [-0.39, 0.29) is 12.0 Å². The van der Waals surface area contributed by atoms with Crippen molar-refractivity contribution in [1.29, 1.82) is 0 Å². The summed E-state index contributed by atoms with van der Waals surface area (Å²) >= 11 is 0. The van der Waals surface area contributed by atoms with Crippen LogP contribution in [0.4, 0.5) is 0 Å². The van der Waals surface area contributed by atoms with Crippen LogP contribution in [-0.2, 0) is 5.41 Å². The number of furan rings is 1. The van der Waals surface area contributed by atoms with Crippen molar-refractivity contribution in [1.82, 2.24) is 0 Å². The lowest BCUT2D eigenvalue weighted by atomic mass is 9.66. The Hall–Kier alpha value is -0.760. The summed E-state index contributed by atoms with van der Waals surface area (Å²) in [4.78, 5) is 0. The predicted octanol–water partition coefficient (Wildman–Crippen LogP) is 1.69. The first-order chi connectivity index (χ1) is 5.37. The highest BCUT2D eigenvalue weighted by Gasteiger charge is 2.38. The summed E-state index contributed by atoms with van der Waals surface area (Å²) in [5.74, 6) is 0. The lowest BCUT2D eigenvalue weighted by Gasteiger charge is -2.39. The highest BCUT2D eigenvalue weighted by molar-refractivity contribution is 5.23. The molecule has 0 amide bonds. The molecule has 0 aliphatic heterocycles. The molecular weight excluding hydrogens is 140 g/mol. The van der Waals surface area contributed by atoms with Gasteiger partial charge in [0.2, 0.25) is 0 Å². The first-order valence-electron chi connectivity index (χ1n) is 4.01. The molecule has 0 radical (unpaired) electrons. The third-order valence-electron chi connectivity index (χ3n) is 2.75. The SMILES string of the molecule is OCC1(c2ccoc2)CCC1.